The molecule has 1 aliphatic heterocycles. The number of aldehydes is 1. The van der Waals surface area contributed by atoms with E-state index in [2.05, 4.69) is 72.4 Å². The van der Waals surface area contributed by atoms with Crippen LogP contribution < -0.4 is 10.6 Å². The normalized spacial score (nSPS) is 18.1. The molecule has 2 aromatic carbocycles. The van der Waals surface area contributed by atoms with Crippen molar-refractivity contribution in [3.8, 4) is 22.4 Å². The Kier molecular flexibility index (Phi) is 12.7. The van der Waals surface area contributed by atoms with E-state index in [0.717, 1.165) is 62.1 Å². The Morgan fingerprint density at radius 3 is 2.52 bits per heavy atom. The molecule has 0 saturated heterocycles. The zero-order chi connectivity index (χ0) is 39.2. The molecule has 2 bridgehead atoms. The molecule has 0 aliphatic carbocycles. The molecule has 1 aliphatic rings. The van der Waals surface area contributed by atoms with E-state index in [-0.39, 0.29) is 42.3 Å². The van der Waals surface area contributed by atoms with Crippen molar-refractivity contribution in [1.29, 1.82) is 0 Å². The monoisotopic (exact) mass is 735 g/mol. The van der Waals surface area contributed by atoms with Gasteiger partial charge in [-0.3, -0.25) is 19.4 Å². The fraction of sp³-hybridized carbons (Fsp3) is 0.419. The second-order valence-electron chi connectivity index (χ2n) is 15.2. The van der Waals surface area contributed by atoms with Crippen LogP contribution in [0.1, 0.15) is 64.5 Å². The van der Waals surface area contributed by atoms with Crippen LogP contribution in [0.5, 0.6) is 0 Å². The molecule has 5 rings (SSSR count). The molecule has 4 aromatic rings. The summed E-state index contributed by atoms with van der Waals surface area (Å²) in [6.45, 7) is 13.9. The van der Waals surface area contributed by atoms with Gasteiger partial charge in [-0.1, -0.05) is 45.9 Å². The van der Waals surface area contributed by atoms with Gasteiger partial charge >= 0.3 is 0 Å². The minimum atomic E-state index is -0.793. The van der Waals surface area contributed by atoms with Crippen molar-refractivity contribution in [2.24, 2.45) is 11.3 Å². The number of pyridine rings is 1. The number of aromatic nitrogens is 2. The van der Waals surface area contributed by atoms with E-state index >= 15 is 0 Å². The SMILES string of the molecule is CCn1c(-c2cccnc2C(C)OC)c(CC(C)(C)COC=O)c2cc(-c3cc4cc(c3)NC/C=C\C(=O)N(C)[C@@H](C(C)C)C(=O)NC(C=O)C4)ccc21. The molecule has 2 unspecified atom stereocenters. The van der Waals surface area contributed by atoms with Gasteiger partial charge in [-0.25, -0.2) is 0 Å². The van der Waals surface area contributed by atoms with Crippen molar-refractivity contribution in [2.75, 3.05) is 32.6 Å². The second kappa shape index (κ2) is 17.2. The van der Waals surface area contributed by atoms with Crippen molar-refractivity contribution in [1.82, 2.24) is 19.8 Å². The Labute approximate surface area is 318 Å². The molecule has 3 atom stereocenters. The molecule has 11 heteroatoms. The van der Waals surface area contributed by atoms with Gasteiger partial charge in [0.1, 0.15) is 12.3 Å². The summed E-state index contributed by atoms with van der Waals surface area (Å²) in [4.78, 5) is 56.3. The van der Waals surface area contributed by atoms with E-state index in [4.69, 9.17) is 14.5 Å². The fourth-order valence-corrected chi connectivity index (χ4v) is 7.51. The number of fused-ring (bicyclic) bond motifs is 3. The van der Waals surface area contributed by atoms with Crippen LogP contribution in [-0.2, 0) is 48.0 Å². The maximum Gasteiger partial charge on any atom is 0.293 e. The lowest BCUT2D eigenvalue weighted by Crippen LogP contribution is -2.53. The first-order chi connectivity index (χ1) is 25.8. The highest BCUT2D eigenvalue weighted by atomic mass is 16.5. The molecular formula is C43H53N5O6. The third kappa shape index (κ3) is 8.73. The smallest absolute Gasteiger partial charge is 0.293 e. The van der Waals surface area contributed by atoms with E-state index in [1.807, 2.05) is 32.9 Å². The summed E-state index contributed by atoms with van der Waals surface area (Å²) in [7, 11) is 3.29. The Balaban J connectivity index is 1.68. The molecule has 2 amide bonds. The maximum atomic E-state index is 13.5. The summed E-state index contributed by atoms with van der Waals surface area (Å²) in [6, 6.07) is 15.0. The first kappa shape index (κ1) is 39.9. The Hall–Kier alpha value is -5.29. The highest BCUT2D eigenvalue weighted by Crippen LogP contribution is 2.42. The van der Waals surface area contributed by atoms with Crippen LogP contribution in [0.25, 0.3) is 33.3 Å². The fourth-order valence-electron chi connectivity index (χ4n) is 7.51. The third-order valence-electron chi connectivity index (χ3n) is 10.1. The number of methoxy groups -OCH3 is 1. The van der Waals surface area contributed by atoms with Crippen molar-refractivity contribution in [3.05, 3.63) is 83.7 Å². The first-order valence-electron chi connectivity index (χ1n) is 18.6. The van der Waals surface area contributed by atoms with Crippen LogP contribution in [0.2, 0.25) is 0 Å². The van der Waals surface area contributed by atoms with Crippen LogP contribution in [0.15, 0.2) is 66.9 Å². The number of carbonyl (C=O) groups is 4. The largest absolute Gasteiger partial charge is 0.467 e. The van der Waals surface area contributed by atoms with Gasteiger partial charge in [-0.15, -0.1) is 0 Å². The Bertz CT molecular complexity index is 2030. The average molecular weight is 736 g/mol. The molecule has 0 spiro atoms. The van der Waals surface area contributed by atoms with Gasteiger partial charge < -0.3 is 34.4 Å². The number of rotatable bonds is 12. The second-order valence-corrected chi connectivity index (χ2v) is 15.2. The molecule has 2 aromatic heterocycles. The number of hydrogen-bond acceptors (Lipinski definition) is 8. The summed E-state index contributed by atoms with van der Waals surface area (Å²) in [5.41, 5.74) is 8.22. The van der Waals surface area contributed by atoms with Gasteiger partial charge in [-0.05, 0) is 91.3 Å². The number of aryl methyl sites for hydroxylation is 1. The van der Waals surface area contributed by atoms with Gasteiger partial charge in [-0.2, -0.15) is 0 Å². The predicted octanol–water partition coefficient (Wildman–Crippen LogP) is 6.53. The lowest BCUT2D eigenvalue weighted by molar-refractivity contribution is -0.138. The summed E-state index contributed by atoms with van der Waals surface area (Å²) in [6.07, 6.45) is 6.40. The number of nitrogens with zero attached hydrogens (tertiary/aromatic N) is 3. The Morgan fingerprint density at radius 2 is 1.83 bits per heavy atom. The molecule has 0 saturated carbocycles. The van der Waals surface area contributed by atoms with Crippen LogP contribution in [0.4, 0.5) is 5.69 Å². The van der Waals surface area contributed by atoms with E-state index in [1.54, 1.807) is 26.4 Å². The molecule has 54 heavy (non-hydrogen) atoms. The van der Waals surface area contributed by atoms with Gasteiger partial charge in [0.15, 0.2) is 0 Å². The minimum absolute atomic E-state index is 0.167. The van der Waals surface area contributed by atoms with Crippen LogP contribution in [0, 0.1) is 11.3 Å². The van der Waals surface area contributed by atoms with E-state index < -0.39 is 12.1 Å². The van der Waals surface area contributed by atoms with Gasteiger partial charge in [0.25, 0.3) is 6.47 Å². The number of benzene rings is 2. The van der Waals surface area contributed by atoms with Crippen molar-refractivity contribution >= 4 is 41.2 Å². The van der Waals surface area contributed by atoms with Crippen LogP contribution >= 0.6 is 0 Å². The quantitative estimate of drug-likeness (QED) is 0.157. The average Bonchev–Trinajstić information content (AvgIpc) is 3.45. The maximum absolute atomic E-state index is 13.5. The molecule has 0 radical (unpaired) electrons. The van der Waals surface area contributed by atoms with E-state index in [0.29, 0.717) is 26.0 Å². The number of nitrogens with one attached hydrogen (secondary N) is 2. The number of anilines is 1. The number of likely N-dealkylation sites (N-methyl/N-ethyl adjacent to an activating group) is 1. The highest BCUT2D eigenvalue weighted by molar-refractivity contribution is 5.96. The van der Waals surface area contributed by atoms with E-state index in [9.17, 15) is 19.2 Å². The number of amides is 2. The zero-order valence-corrected chi connectivity index (χ0v) is 32.6. The minimum Gasteiger partial charge on any atom is -0.467 e. The third-order valence-corrected chi connectivity index (χ3v) is 10.1. The van der Waals surface area contributed by atoms with Crippen molar-refractivity contribution in [2.45, 2.75) is 79.1 Å². The summed E-state index contributed by atoms with van der Waals surface area (Å²) >= 11 is 0. The molecule has 2 N–H and O–H groups in total. The first-order valence-corrected chi connectivity index (χ1v) is 18.6. The molecule has 0 fully saturated rings. The molecule has 3 heterocycles. The summed E-state index contributed by atoms with van der Waals surface area (Å²) < 4.78 is 13.4. The molecule has 286 valence electrons. The molecule has 11 nitrogen and oxygen atoms in total. The van der Waals surface area contributed by atoms with Crippen LogP contribution in [0.3, 0.4) is 0 Å². The van der Waals surface area contributed by atoms with Gasteiger partial charge in [0.05, 0.1) is 30.1 Å². The standard InChI is InChI=1S/C43H53N5O6/c1-9-48-37-15-14-30(22-35(37)36(23-43(5,6)25-54-26-50)41(48)34-12-10-17-45-39(34)28(4)53-8)31-18-29-19-32(21-31)44-16-11-13-38(51)47(7)40(27(2)3)42(52)46-33(20-29)24-49/h10-15,17-19,21-22,24,26-28,33,40,44H,9,16,20,23,25H2,1-8H3,(H,46,52)/b13-11-/t28?,33?,40-/m0/s1. The lowest BCUT2D eigenvalue weighted by atomic mass is 9.84. The van der Waals surface area contributed by atoms with Gasteiger partial charge in [0, 0.05) is 67.1 Å². The zero-order valence-electron chi connectivity index (χ0n) is 32.6. The summed E-state index contributed by atoms with van der Waals surface area (Å²) in [5, 5.41) is 7.38. The Morgan fingerprint density at radius 1 is 1.06 bits per heavy atom. The van der Waals surface area contributed by atoms with E-state index in [1.165, 1.54) is 11.0 Å². The topological polar surface area (TPSA) is 132 Å². The summed E-state index contributed by atoms with van der Waals surface area (Å²) in [5.74, 6) is -0.830. The van der Waals surface area contributed by atoms with Crippen molar-refractivity contribution < 1.29 is 28.7 Å². The highest BCUT2D eigenvalue weighted by Gasteiger charge is 2.31. The number of hydrogen-bond donors (Lipinski definition) is 2. The predicted molar refractivity (Wildman–Crippen MR) is 212 cm³/mol. The van der Waals surface area contributed by atoms with Crippen molar-refractivity contribution in [3.63, 3.8) is 0 Å². The lowest BCUT2D eigenvalue weighted by Gasteiger charge is -2.30. The van der Waals surface area contributed by atoms with Gasteiger partial charge in [0.2, 0.25) is 11.8 Å². The van der Waals surface area contributed by atoms with Crippen LogP contribution in [-0.4, -0.2) is 78.4 Å². The number of ether oxygens (including phenoxy) is 2. The molecular weight excluding hydrogens is 683 g/mol. The number of carbonyl (C=O) groups excluding carboxylic acids is 4.